The van der Waals surface area contributed by atoms with Crippen molar-refractivity contribution in [2.24, 2.45) is 0 Å². The summed E-state index contributed by atoms with van der Waals surface area (Å²) in [7, 11) is -1.11. The van der Waals surface area contributed by atoms with Crippen LogP contribution in [-0.4, -0.2) is 8.07 Å². The quantitative estimate of drug-likeness (QED) is 0.453. The van der Waals surface area contributed by atoms with E-state index >= 15 is 0 Å². The molecule has 2 aromatic rings. The van der Waals surface area contributed by atoms with Crippen LogP contribution in [0.1, 0.15) is 11.1 Å². The third-order valence-corrected chi connectivity index (χ3v) is 9.62. The summed E-state index contributed by atoms with van der Waals surface area (Å²) in [5.74, 6) is 0. The Bertz CT molecular complexity index is 516. The Kier molecular flexibility index (Phi) is 6.62. The molecule has 0 amide bonds. The van der Waals surface area contributed by atoms with Gasteiger partial charge in [-0.15, -0.1) is 22.7 Å². The van der Waals surface area contributed by atoms with E-state index in [0.29, 0.717) is 0 Å². The fraction of sp³-hybridized carbons (Fsp3) is 0.385. The van der Waals surface area contributed by atoms with Crippen LogP contribution in [0.25, 0.3) is 0 Å². The molecule has 6 heteroatoms. The van der Waals surface area contributed by atoms with Gasteiger partial charge in [0.25, 0.3) is 0 Å². The Balaban J connectivity index is 0.000000200. The summed E-state index contributed by atoms with van der Waals surface area (Å²) < 4.78 is 4.43. The maximum absolute atomic E-state index is 5.98. The maximum Gasteiger partial charge on any atom is 0.0969 e. The highest BCUT2D eigenvalue weighted by atomic mass is 79.9. The highest BCUT2D eigenvalue weighted by molar-refractivity contribution is 9.11. The lowest BCUT2D eigenvalue weighted by molar-refractivity contribution is 1.55. The molecular weight excluding hydrogens is 399 g/mol. The molecule has 2 heterocycles. The van der Waals surface area contributed by atoms with Crippen LogP contribution in [0.5, 0.6) is 0 Å². The molecule has 0 aromatic carbocycles. The van der Waals surface area contributed by atoms with Crippen molar-refractivity contribution in [2.45, 2.75) is 33.5 Å². The van der Waals surface area contributed by atoms with Crippen LogP contribution in [-0.2, 0) is 0 Å². The Labute approximate surface area is 142 Å². The molecule has 0 N–H and O–H groups in total. The van der Waals surface area contributed by atoms with Gasteiger partial charge in [-0.3, -0.25) is 0 Å². The number of hydrogen-bond donors (Lipinski definition) is 0. The number of hydrogen-bond acceptors (Lipinski definition) is 2. The minimum atomic E-state index is -1.11. The van der Waals surface area contributed by atoms with Crippen molar-refractivity contribution >= 4 is 74.4 Å². The third kappa shape index (κ3) is 5.52. The molecule has 2 rings (SSSR count). The van der Waals surface area contributed by atoms with Crippen LogP contribution in [0.4, 0.5) is 0 Å². The second-order valence-electron chi connectivity index (χ2n) is 5.32. The SMILES string of the molecule is Cc1cc(Br)sc1Cl.Cc1cc([Si](C)(C)C)sc1Cl. The molecule has 0 atom stereocenters. The van der Waals surface area contributed by atoms with Gasteiger partial charge in [0.15, 0.2) is 0 Å². The predicted molar refractivity (Wildman–Crippen MR) is 98.8 cm³/mol. The topological polar surface area (TPSA) is 0 Å². The lowest BCUT2D eigenvalue weighted by Crippen LogP contribution is -2.34. The van der Waals surface area contributed by atoms with Gasteiger partial charge >= 0.3 is 0 Å². The minimum Gasteiger partial charge on any atom is -0.133 e. The molecule has 2 aromatic heterocycles. The van der Waals surface area contributed by atoms with Gasteiger partial charge in [0, 0.05) is 0 Å². The summed E-state index contributed by atoms with van der Waals surface area (Å²) in [6, 6.07) is 4.24. The third-order valence-electron chi connectivity index (χ3n) is 2.42. The first-order valence-electron chi connectivity index (χ1n) is 5.79. The molecule has 0 radical (unpaired) electrons. The number of rotatable bonds is 1. The van der Waals surface area contributed by atoms with E-state index in [1.807, 2.05) is 13.0 Å². The van der Waals surface area contributed by atoms with Gasteiger partial charge in [0.2, 0.25) is 0 Å². The summed E-state index contributed by atoms with van der Waals surface area (Å²) in [5.41, 5.74) is 2.37. The molecule has 0 nitrogen and oxygen atoms in total. The Morgan fingerprint density at radius 1 is 0.947 bits per heavy atom. The fourth-order valence-corrected chi connectivity index (χ4v) is 6.62. The minimum absolute atomic E-state index is 0.872. The van der Waals surface area contributed by atoms with Crippen LogP contribution in [0.2, 0.25) is 28.3 Å². The van der Waals surface area contributed by atoms with Crippen LogP contribution in [0.3, 0.4) is 0 Å². The zero-order valence-electron chi connectivity index (χ0n) is 11.6. The maximum atomic E-state index is 5.98. The molecular formula is C13H17BrCl2S2Si. The lowest BCUT2D eigenvalue weighted by Gasteiger charge is -2.11. The highest BCUT2D eigenvalue weighted by Gasteiger charge is 2.19. The van der Waals surface area contributed by atoms with Gasteiger partial charge in [-0.1, -0.05) is 42.8 Å². The molecule has 0 aliphatic carbocycles. The summed E-state index contributed by atoms with van der Waals surface area (Å²) in [6.07, 6.45) is 0. The molecule has 19 heavy (non-hydrogen) atoms. The molecule has 0 aliphatic heterocycles. The van der Waals surface area contributed by atoms with Crippen molar-refractivity contribution in [2.75, 3.05) is 0 Å². The fourth-order valence-electron chi connectivity index (χ4n) is 1.25. The Morgan fingerprint density at radius 2 is 1.42 bits per heavy atom. The van der Waals surface area contributed by atoms with Crippen molar-refractivity contribution in [3.63, 3.8) is 0 Å². The number of aryl methyl sites for hydroxylation is 2. The van der Waals surface area contributed by atoms with Gasteiger partial charge < -0.3 is 0 Å². The second kappa shape index (κ2) is 7.10. The van der Waals surface area contributed by atoms with Gasteiger partial charge in [0.05, 0.1) is 20.5 Å². The Hall–Kier alpha value is 0.677. The second-order valence-corrected chi connectivity index (χ2v) is 15.4. The zero-order valence-corrected chi connectivity index (χ0v) is 17.3. The molecule has 0 aliphatic rings. The van der Waals surface area contributed by atoms with Crippen molar-refractivity contribution in [1.82, 2.24) is 0 Å². The zero-order chi connectivity index (χ0) is 14.8. The number of halogens is 3. The van der Waals surface area contributed by atoms with Gasteiger partial charge in [-0.25, -0.2) is 0 Å². The van der Waals surface area contributed by atoms with Gasteiger partial charge in [-0.05, 0) is 57.5 Å². The van der Waals surface area contributed by atoms with E-state index < -0.39 is 8.07 Å². The van der Waals surface area contributed by atoms with E-state index in [0.717, 1.165) is 18.0 Å². The van der Waals surface area contributed by atoms with Crippen molar-refractivity contribution in [3.05, 3.63) is 35.7 Å². The molecule has 106 valence electrons. The first-order valence-corrected chi connectivity index (χ1v) is 12.5. The summed E-state index contributed by atoms with van der Waals surface area (Å²) in [5, 5.41) is 0. The van der Waals surface area contributed by atoms with Crippen LogP contribution in [0, 0.1) is 13.8 Å². The lowest BCUT2D eigenvalue weighted by atomic mass is 10.4. The average Bonchev–Trinajstić information content (AvgIpc) is 2.72. The molecule has 0 spiro atoms. The van der Waals surface area contributed by atoms with Crippen molar-refractivity contribution in [1.29, 1.82) is 0 Å². The van der Waals surface area contributed by atoms with Gasteiger partial charge in [-0.2, -0.15) is 0 Å². The van der Waals surface area contributed by atoms with Crippen LogP contribution in [0.15, 0.2) is 15.9 Å². The first-order chi connectivity index (χ1) is 8.61. The van der Waals surface area contributed by atoms with E-state index in [-0.39, 0.29) is 0 Å². The molecule has 0 saturated heterocycles. The summed E-state index contributed by atoms with van der Waals surface area (Å²) in [6.45, 7) is 11.1. The van der Waals surface area contributed by atoms with E-state index in [1.165, 1.54) is 10.1 Å². The monoisotopic (exact) mass is 414 g/mol. The number of thiophene rings is 2. The molecule has 0 fully saturated rings. The molecule has 0 saturated carbocycles. The summed E-state index contributed by atoms with van der Waals surface area (Å²) >= 11 is 18.3. The van der Waals surface area contributed by atoms with E-state index in [1.54, 1.807) is 22.7 Å². The van der Waals surface area contributed by atoms with Crippen LogP contribution < -0.4 is 4.50 Å². The smallest absolute Gasteiger partial charge is 0.0969 e. The average molecular weight is 416 g/mol. The molecule has 0 bridgehead atoms. The van der Waals surface area contributed by atoms with E-state index in [2.05, 4.69) is 48.6 Å². The largest absolute Gasteiger partial charge is 0.133 e. The van der Waals surface area contributed by atoms with Crippen molar-refractivity contribution < 1.29 is 0 Å². The van der Waals surface area contributed by atoms with Crippen molar-refractivity contribution in [3.8, 4) is 0 Å². The van der Waals surface area contributed by atoms with E-state index in [9.17, 15) is 0 Å². The first kappa shape index (κ1) is 17.7. The van der Waals surface area contributed by atoms with E-state index in [4.69, 9.17) is 23.2 Å². The predicted octanol–water partition coefficient (Wildman–Crippen LogP) is 6.73. The van der Waals surface area contributed by atoms with Gasteiger partial charge in [0.1, 0.15) is 0 Å². The Morgan fingerprint density at radius 3 is 1.58 bits per heavy atom. The molecule has 0 unspecified atom stereocenters. The highest BCUT2D eigenvalue weighted by Crippen LogP contribution is 2.30. The standard InChI is InChI=1S/C8H13ClSSi.C5H4BrClS/c1-6-5-7(10-8(6)9)11(2,3)4;1-3-2-4(6)8-5(3)7/h5H,1-4H3;2H,1H3. The van der Waals surface area contributed by atoms with Crippen LogP contribution >= 0.6 is 61.8 Å². The normalized spacial score (nSPS) is 11.2. The summed E-state index contributed by atoms with van der Waals surface area (Å²) in [4.78, 5) is 0.